The van der Waals surface area contributed by atoms with E-state index >= 15 is 0 Å². The highest BCUT2D eigenvalue weighted by Crippen LogP contribution is 2.22. The van der Waals surface area contributed by atoms with Gasteiger partial charge < -0.3 is 9.84 Å². The molecule has 3 nitrogen and oxygen atoms in total. The van der Waals surface area contributed by atoms with Crippen LogP contribution in [0, 0.1) is 5.41 Å². The number of ether oxygens (including phenoxy) is 1. The lowest BCUT2D eigenvalue weighted by molar-refractivity contribution is -0.151. The molecule has 0 aromatic heterocycles. The number of carboxylic acids is 1. The number of aliphatic carboxylic acids is 1. The monoisotopic (exact) mass is 222 g/mol. The molecule has 0 bridgehead atoms. The van der Waals surface area contributed by atoms with Crippen LogP contribution >= 0.6 is 0 Å². The molecule has 1 rings (SSSR count). The lowest BCUT2D eigenvalue weighted by atomic mass is 9.95. The maximum atomic E-state index is 10.9. The molecule has 0 fully saturated rings. The summed E-state index contributed by atoms with van der Waals surface area (Å²) in [7, 11) is 0. The van der Waals surface area contributed by atoms with Gasteiger partial charge >= 0.3 is 5.97 Å². The Balaban J connectivity index is 2.54. The van der Waals surface area contributed by atoms with Crippen molar-refractivity contribution in [1.82, 2.24) is 0 Å². The van der Waals surface area contributed by atoms with E-state index < -0.39 is 11.4 Å². The minimum absolute atomic E-state index is 0.0835. The van der Waals surface area contributed by atoms with E-state index in [1.54, 1.807) is 13.8 Å². The van der Waals surface area contributed by atoms with Gasteiger partial charge in [-0.1, -0.05) is 30.3 Å². The summed E-state index contributed by atoms with van der Waals surface area (Å²) < 4.78 is 5.57. The molecule has 16 heavy (non-hydrogen) atoms. The van der Waals surface area contributed by atoms with E-state index in [9.17, 15) is 4.79 Å². The van der Waals surface area contributed by atoms with Crippen molar-refractivity contribution in [2.24, 2.45) is 5.41 Å². The molecule has 0 aliphatic carbocycles. The predicted molar refractivity (Wildman–Crippen MR) is 62.2 cm³/mol. The zero-order valence-corrected chi connectivity index (χ0v) is 9.93. The van der Waals surface area contributed by atoms with Crippen LogP contribution in [0.5, 0.6) is 0 Å². The van der Waals surface area contributed by atoms with Crippen molar-refractivity contribution in [3.05, 3.63) is 35.9 Å². The fourth-order valence-electron chi connectivity index (χ4n) is 1.22. The molecule has 1 aromatic rings. The van der Waals surface area contributed by atoms with Gasteiger partial charge in [-0.05, 0) is 26.3 Å². The van der Waals surface area contributed by atoms with Crippen molar-refractivity contribution >= 4 is 5.97 Å². The van der Waals surface area contributed by atoms with Crippen LogP contribution in [0.25, 0.3) is 0 Å². The van der Waals surface area contributed by atoms with Crippen LogP contribution in [0.15, 0.2) is 30.3 Å². The Kier molecular flexibility index (Phi) is 4.07. The second-order valence-electron chi connectivity index (χ2n) is 4.55. The van der Waals surface area contributed by atoms with Crippen molar-refractivity contribution in [1.29, 1.82) is 0 Å². The molecule has 1 aromatic carbocycles. The van der Waals surface area contributed by atoms with Gasteiger partial charge in [0.05, 0.1) is 18.1 Å². The SMILES string of the molecule is CC(OCC(C)(C)C(=O)O)c1ccccc1. The van der Waals surface area contributed by atoms with Crippen LogP contribution in [0.3, 0.4) is 0 Å². The third kappa shape index (κ3) is 3.35. The molecule has 0 aliphatic heterocycles. The summed E-state index contributed by atoms with van der Waals surface area (Å²) in [6, 6.07) is 9.77. The van der Waals surface area contributed by atoms with Crippen molar-refractivity contribution in [2.75, 3.05) is 6.61 Å². The van der Waals surface area contributed by atoms with Crippen LogP contribution in [-0.4, -0.2) is 17.7 Å². The number of benzene rings is 1. The Morgan fingerprint density at radius 2 is 1.94 bits per heavy atom. The summed E-state index contributed by atoms with van der Waals surface area (Å²) in [6.45, 7) is 5.45. The van der Waals surface area contributed by atoms with Gasteiger partial charge in [-0.2, -0.15) is 0 Å². The normalized spacial score (nSPS) is 13.4. The molecule has 0 spiro atoms. The van der Waals surface area contributed by atoms with Gasteiger partial charge in [0.25, 0.3) is 0 Å². The molecule has 0 heterocycles. The number of rotatable bonds is 5. The Morgan fingerprint density at radius 3 is 2.44 bits per heavy atom. The quantitative estimate of drug-likeness (QED) is 0.833. The summed E-state index contributed by atoms with van der Waals surface area (Å²) >= 11 is 0. The average Bonchev–Trinajstić information content (AvgIpc) is 2.27. The fraction of sp³-hybridized carbons (Fsp3) is 0.462. The highest BCUT2D eigenvalue weighted by Gasteiger charge is 2.28. The molecule has 0 radical (unpaired) electrons. The van der Waals surface area contributed by atoms with Gasteiger partial charge in [0.15, 0.2) is 0 Å². The van der Waals surface area contributed by atoms with E-state index in [1.165, 1.54) is 0 Å². The van der Waals surface area contributed by atoms with Crippen molar-refractivity contribution in [3.63, 3.8) is 0 Å². The van der Waals surface area contributed by atoms with Gasteiger partial charge in [0, 0.05) is 0 Å². The molecular weight excluding hydrogens is 204 g/mol. The van der Waals surface area contributed by atoms with E-state index in [-0.39, 0.29) is 12.7 Å². The molecule has 0 aliphatic rings. The minimum atomic E-state index is -0.844. The molecule has 1 N–H and O–H groups in total. The largest absolute Gasteiger partial charge is 0.481 e. The summed E-state index contributed by atoms with van der Waals surface area (Å²) in [5.41, 5.74) is 0.215. The molecule has 0 amide bonds. The van der Waals surface area contributed by atoms with Gasteiger partial charge in [-0.15, -0.1) is 0 Å². The molecule has 3 heteroatoms. The number of hydrogen-bond acceptors (Lipinski definition) is 2. The highest BCUT2D eigenvalue weighted by molar-refractivity contribution is 5.73. The van der Waals surface area contributed by atoms with E-state index in [0.717, 1.165) is 5.56 Å². The van der Waals surface area contributed by atoms with Crippen LogP contribution < -0.4 is 0 Å². The maximum Gasteiger partial charge on any atom is 0.311 e. The Morgan fingerprint density at radius 1 is 1.38 bits per heavy atom. The second-order valence-corrected chi connectivity index (χ2v) is 4.55. The first-order valence-electron chi connectivity index (χ1n) is 5.33. The van der Waals surface area contributed by atoms with Gasteiger partial charge in [0.2, 0.25) is 0 Å². The third-order valence-electron chi connectivity index (χ3n) is 2.54. The Hall–Kier alpha value is -1.35. The van der Waals surface area contributed by atoms with Crippen molar-refractivity contribution in [3.8, 4) is 0 Å². The lowest BCUT2D eigenvalue weighted by Crippen LogP contribution is -2.29. The number of hydrogen-bond donors (Lipinski definition) is 1. The molecule has 88 valence electrons. The fourth-order valence-corrected chi connectivity index (χ4v) is 1.22. The minimum Gasteiger partial charge on any atom is -0.481 e. The zero-order valence-electron chi connectivity index (χ0n) is 9.93. The van der Waals surface area contributed by atoms with Crippen LogP contribution in [-0.2, 0) is 9.53 Å². The van der Waals surface area contributed by atoms with Crippen molar-refractivity contribution < 1.29 is 14.6 Å². The topological polar surface area (TPSA) is 46.5 Å². The first kappa shape index (κ1) is 12.7. The van der Waals surface area contributed by atoms with Crippen LogP contribution in [0.1, 0.15) is 32.4 Å². The van der Waals surface area contributed by atoms with E-state index in [0.29, 0.717) is 0 Å². The lowest BCUT2D eigenvalue weighted by Gasteiger charge is -2.22. The summed E-state index contributed by atoms with van der Waals surface area (Å²) in [4.78, 5) is 10.9. The summed E-state index contributed by atoms with van der Waals surface area (Å²) in [5.74, 6) is -0.840. The van der Waals surface area contributed by atoms with E-state index in [1.807, 2.05) is 37.3 Å². The standard InChI is InChI=1S/C13H18O3/c1-10(11-7-5-4-6-8-11)16-9-13(2,3)12(14)15/h4-8,10H,9H2,1-3H3,(H,14,15). The van der Waals surface area contributed by atoms with Gasteiger partial charge in [-0.25, -0.2) is 0 Å². The molecule has 1 unspecified atom stereocenters. The van der Waals surface area contributed by atoms with Crippen LogP contribution in [0.4, 0.5) is 0 Å². The van der Waals surface area contributed by atoms with E-state index in [2.05, 4.69) is 0 Å². The second kappa shape index (κ2) is 5.12. The van der Waals surface area contributed by atoms with Crippen LogP contribution in [0.2, 0.25) is 0 Å². The Labute approximate surface area is 96.1 Å². The molecule has 0 saturated carbocycles. The first-order valence-corrected chi connectivity index (χ1v) is 5.33. The van der Waals surface area contributed by atoms with Gasteiger partial charge in [-0.3, -0.25) is 4.79 Å². The summed E-state index contributed by atoms with van der Waals surface area (Å²) in [6.07, 6.45) is -0.0835. The predicted octanol–water partition coefficient (Wildman–Crippen LogP) is 2.88. The van der Waals surface area contributed by atoms with E-state index in [4.69, 9.17) is 9.84 Å². The maximum absolute atomic E-state index is 10.9. The molecule has 1 atom stereocenters. The van der Waals surface area contributed by atoms with Gasteiger partial charge in [0.1, 0.15) is 0 Å². The third-order valence-corrected chi connectivity index (χ3v) is 2.54. The smallest absolute Gasteiger partial charge is 0.311 e. The molecule has 0 saturated heterocycles. The highest BCUT2D eigenvalue weighted by atomic mass is 16.5. The molecular formula is C13H18O3. The average molecular weight is 222 g/mol. The number of carboxylic acid groups (broad SMARTS) is 1. The van der Waals surface area contributed by atoms with Crippen molar-refractivity contribution in [2.45, 2.75) is 26.9 Å². The Bertz CT molecular complexity index is 343. The zero-order chi connectivity index (χ0) is 12.2. The number of carbonyl (C=O) groups is 1. The first-order chi connectivity index (χ1) is 7.43. The summed E-state index contributed by atoms with van der Waals surface area (Å²) in [5, 5.41) is 8.94.